The fraction of sp³-hybridized carbons (Fsp3) is 0.333. The van der Waals surface area contributed by atoms with Crippen LogP contribution in [0.5, 0.6) is 5.75 Å². The van der Waals surface area contributed by atoms with Crippen molar-refractivity contribution in [3.8, 4) is 5.75 Å². The molecule has 116 valence electrons. The summed E-state index contributed by atoms with van der Waals surface area (Å²) in [7, 11) is 3.33. The highest BCUT2D eigenvalue weighted by Crippen LogP contribution is 2.31. The van der Waals surface area contributed by atoms with Gasteiger partial charge in [-0.25, -0.2) is 14.1 Å². The second-order valence-corrected chi connectivity index (χ2v) is 6.14. The number of rotatable bonds is 4. The zero-order chi connectivity index (χ0) is 15.9. The number of benzene rings is 1. The minimum absolute atomic E-state index is 0.0609. The number of hydrogen-bond donors (Lipinski definition) is 1. The van der Waals surface area contributed by atoms with Gasteiger partial charge >= 0.3 is 0 Å². The molecule has 0 aliphatic heterocycles. The van der Waals surface area contributed by atoms with Crippen LogP contribution in [0.25, 0.3) is 10.3 Å². The lowest BCUT2D eigenvalue weighted by Crippen LogP contribution is -2.07. The Morgan fingerprint density at radius 2 is 2.18 bits per heavy atom. The average molecular weight is 320 g/mol. The number of aromatic nitrogens is 3. The summed E-state index contributed by atoms with van der Waals surface area (Å²) < 4.78 is 21.6. The average Bonchev–Trinajstić information content (AvgIpc) is 3.00. The molecule has 0 saturated heterocycles. The highest BCUT2D eigenvalue weighted by molar-refractivity contribution is 7.22. The Hall–Kier alpha value is -2.15. The fourth-order valence-corrected chi connectivity index (χ4v) is 3.39. The van der Waals surface area contributed by atoms with Crippen molar-refractivity contribution in [1.82, 2.24) is 14.8 Å². The van der Waals surface area contributed by atoms with Gasteiger partial charge in [0.2, 0.25) is 0 Å². The van der Waals surface area contributed by atoms with Gasteiger partial charge in [0.05, 0.1) is 23.5 Å². The van der Waals surface area contributed by atoms with E-state index in [-0.39, 0.29) is 17.6 Å². The Bertz CT molecular complexity index is 792. The van der Waals surface area contributed by atoms with Gasteiger partial charge in [-0.1, -0.05) is 17.4 Å². The second-order valence-electron chi connectivity index (χ2n) is 5.14. The maximum atomic E-state index is 13.8. The third kappa shape index (κ3) is 2.52. The van der Waals surface area contributed by atoms with Gasteiger partial charge in [0.15, 0.2) is 22.3 Å². The first-order chi connectivity index (χ1) is 10.5. The number of nitrogens with one attached hydrogen (secondary N) is 1. The van der Waals surface area contributed by atoms with Gasteiger partial charge in [-0.2, -0.15) is 5.10 Å². The topological polar surface area (TPSA) is 52.0 Å². The first-order valence-electron chi connectivity index (χ1n) is 6.89. The summed E-state index contributed by atoms with van der Waals surface area (Å²) >= 11 is 1.56. The van der Waals surface area contributed by atoms with Crippen LogP contribution in [0.15, 0.2) is 18.2 Å². The molecule has 0 aliphatic rings. The standard InChI is InChI=1S/C15H17FN4OS/c1-8(10-5-6-12(21-4)11(16)7-10)17-15-18-14-13(22-15)9(2)19-20(14)3/h5-8H,1-4H3,(H,17,18)/t8-/m0/s1. The molecule has 3 aromatic rings. The number of fused-ring (bicyclic) bond motifs is 1. The zero-order valence-electron chi connectivity index (χ0n) is 12.8. The van der Waals surface area contributed by atoms with E-state index in [0.717, 1.165) is 26.7 Å². The first kappa shape index (κ1) is 14.8. The molecule has 0 spiro atoms. The fourth-order valence-electron chi connectivity index (χ4n) is 2.37. The maximum absolute atomic E-state index is 13.8. The molecule has 0 aliphatic carbocycles. The van der Waals surface area contributed by atoms with Crippen LogP contribution in [-0.2, 0) is 7.05 Å². The molecule has 1 atom stereocenters. The third-order valence-electron chi connectivity index (χ3n) is 3.56. The molecule has 3 rings (SSSR count). The van der Waals surface area contributed by atoms with E-state index >= 15 is 0 Å². The Kier molecular flexibility index (Phi) is 3.74. The molecule has 7 heteroatoms. The maximum Gasteiger partial charge on any atom is 0.185 e. The molecule has 5 nitrogen and oxygen atoms in total. The second kappa shape index (κ2) is 5.57. The van der Waals surface area contributed by atoms with Crippen LogP contribution in [0.1, 0.15) is 24.2 Å². The van der Waals surface area contributed by atoms with Crippen molar-refractivity contribution in [1.29, 1.82) is 0 Å². The monoisotopic (exact) mass is 320 g/mol. The lowest BCUT2D eigenvalue weighted by atomic mass is 10.1. The predicted molar refractivity (Wildman–Crippen MR) is 86.1 cm³/mol. The van der Waals surface area contributed by atoms with Crippen LogP contribution in [0, 0.1) is 12.7 Å². The first-order valence-corrected chi connectivity index (χ1v) is 7.71. The lowest BCUT2D eigenvalue weighted by Gasteiger charge is -2.14. The van der Waals surface area contributed by atoms with Crippen LogP contribution >= 0.6 is 11.3 Å². The predicted octanol–water partition coefficient (Wildman–Crippen LogP) is 3.66. The molecule has 0 saturated carbocycles. The number of ether oxygens (including phenoxy) is 1. The molecule has 2 aromatic heterocycles. The zero-order valence-corrected chi connectivity index (χ0v) is 13.7. The molecule has 0 fully saturated rings. The van der Waals surface area contributed by atoms with E-state index in [2.05, 4.69) is 15.4 Å². The highest BCUT2D eigenvalue weighted by Gasteiger charge is 2.15. The summed E-state index contributed by atoms with van der Waals surface area (Å²) in [5, 5.41) is 8.45. The van der Waals surface area contributed by atoms with E-state index in [1.165, 1.54) is 13.2 Å². The van der Waals surface area contributed by atoms with Gasteiger partial charge < -0.3 is 10.1 Å². The minimum Gasteiger partial charge on any atom is -0.494 e. The van der Waals surface area contributed by atoms with E-state index in [4.69, 9.17) is 4.74 Å². The molecule has 0 radical (unpaired) electrons. The lowest BCUT2D eigenvalue weighted by molar-refractivity contribution is 0.386. The number of nitrogens with zero attached hydrogens (tertiary/aromatic N) is 3. The molecular formula is C15H17FN4OS. The van der Waals surface area contributed by atoms with Gasteiger partial charge in [0, 0.05) is 7.05 Å². The third-order valence-corrected chi connectivity index (χ3v) is 4.64. The van der Waals surface area contributed by atoms with Crippen molar-refractivity contribution >= 4 is 26.8 Å². The van der Waals surface area contributed by atoms with Gasteiger partial charge in [-0.15, -0.1) is 0 Å². The largest absolute Gasteiger partial charge is 0.494 e. The Balaban J connectivity index is 1.84. The van der Waals surface area contributed by atoms with E-state index in [9.17, 15) is 4.39 Å². The molecule has 0 bridgehead atoms. The van der Waals surface area contributed by atoms with Crippen molar-refractivity contribution in [2.75, 3.05) is 12.4 Å². The molecule has 1 aromatic carbocycles. The summed E-state index contributed by atoms with van der Waals surface area (Å²) in [6, 6.07) is 4.90. The van der Waals surface area contributed by atoms with Crippen LogP contribution in [-0.4, -0.2) is 21.9 Å². The van der Waals surface area contributed by atoms with Gasteiger partial charge in [0.25, 0.3) is 0 Å². The summed E-state index contributed by atoms with van der Waals surface area (Å²) in [5.41, 5.74) is 2.66. The minimum atomic E-state index is -0.363. The highest BCUT2D eigenvalue weighted by atomic mass is 32.1. The van der Waals surface area contributed by atoms with Crippen LogP contribution in [0.4, 0.5) is 9.52 Å². The quantitative estimate of drug-likeness (QED) is 0.797. The summed E-state index contributed by atoms with van der Waals surface area (Å²) in [6.45, 7) is 3.94. The number of anilines is 1. The summed E-state index contributed by atoms with van der Waals surface area (Å²) in [5.74, 6) is -0.115. The Labute approximate surface area is 131 Å². The number of halogens is 1. The number of aryl methyl sites for hydroxylation is 2. The van der Waals surface area contributed by atoms with Crippen LogP contribution in [0.3, 0.4) is 0 Å². The Morgan fingerprint density at radius 3 is 2.82 bits per heavy atom. The summed E-state index contributed by atoms with van der Waals surface area (Å²) in [6.07, 6.45) is 0. The van der Waals surface area contributed by atoms with Gasteiger partial charge in [-0.3, -0.25) is 0 Å². The SMILES string of the molecule is COc1ccc([C@H](C)Nc2nc3c(s2)c(C)nn3C)cc1F. The molecular weight excluding hydrogens is 303 g/mol. The van der Waals surface area contributed by atoms with E-state index in [0.29, 0.717) is 0 Å². The van der Waals surface area contributed by atoms with Crippen molar-refractivity contribution in [3.63, 3.8) is 0 Å². The van der Waals surface area contributed by atoms with Crippen molar-refractivity contribution in [3.05, 3.63) is 35.3 Å². The van der Waals surface area contributed by atoms with E-state index in [1.54, 1.807) is 22.1 Å². The molecule has 0 amide bonds. The summed E-state index contributed by atoms with van der Waals surface area (Å²) in [4.78, 5) is 4.54. The van der Waals surface area contributed by atoms with Crippen LogP contribution in [0.2, 0.25) is 0 Å². The van der Waals surface area contributed by atoms with Crippen molar-refractivity contribution in [2.24, 2.45) is 7.05 Å². The van der Waals surface area contributed by atoms with Crippen LogP contribution < -0.4 is 10.1 Å². The number of methoxy groups -OCH3 is 1. The number of hydrogen-bond acceptors (Lipinski definition) is 5. The molecule has 2 heterocycles. The van der Waals surface area contributed by atoms with Crippen molar-refractivity contribution in [2.45, 2.75) is 19.9 Å². The Morgan fingerprint density at radius 1 is 1.41 bits per heavy atom. The molecule has 0 unspecified atom stereocenters. The van der Waals surface area contributed by atoms with E-state index < -0.39 is 0 Å². The number of thiazole rings is 1. The van der Waals surface area contributed by atoms with Gasteiger partial charge in [-0.05, 0) is 31.5 Å². The smallest absolute Gasteiger partial charge is 0.185 e. The van der Waals surface area contributed by atoms with Gasteiger partial charge in [0.1, 0.15) is 0 Å². The van der Waals surface area contributed by atoms with E-state index in [1.807, 2.05) is 27.0 Å². The van der Waals surface area contributed by atoms with Crippen molar-refractivity contribution < 1.29 is 9.13 Å². The molecule has 22 heavy (non-hydrogen) atoms. The molecule has 1 N–H and O–H groups in total. The normalized spacial score (nSPS) is 12.6.